The molecule has 3 N–H and O–H groups in total. The van der Waals surface area contributed by atoms with E-state index in [1.165, 1.54) is 5.56 Å². The van der Waals surface area contributed by atoms with E-state index in [0.717, 1.165) is 19.6 Å². The molecule has 6 heteroatoms. The second-order valence-corrected chi connectivity index (χ2v) is 7.18. The molecule has 0 saturated carbocycles. The third-order valence-electron chi connectivity index (χ3n) is 3.79. The van der Waals surface area contributed by atoms with Gasteiger partial charge in [0.25, 0.3) is 0 Å². The van der Waals surface area contributed by atoms with Crippen LogP contribution in [0.3, 0.4) is 0 Å². The first-order valence-electron chi connectivity index (χ1n) is 8.44. The number of hydrogen-bond donors (Lipinski definition) is 2. The van der Waals surface area contributed by atoms with Gasteiger partial charge in [0.2, 0.25) is 0 Å². The van der Waals surface area contributed by atoms with Crippen molar-refractivity contribution in [1.82, 2.24) is 10.2 Å². The van der Waals surface area contributed by atoms with Crippen molar-refractivity contribution in [3.8, 4) is 0 Å². The third-order valence-corrected chi connectivity index (χ3v) is 3.79. The second kappa shape index (κ2) is 8.46. The van der Waals surface area contributed by atoms with Crippen LogP contribution in [0.5, 0.6) is 0 Å². The number of carbonyl (C=O) groups is 1. The number of nitrogens with one attached hydrogen (secondary N) is 1. The molecule has 1 aromatic carbocycles. The fraction of sp³-hybridized carbons (Fsp3) is 0.611. The van der Waals surface area contributed by atoms with Crippen LogP contribution in [-0.2, 0) is 16.0 Å². The lowest BCUT2D eigenvalue weighted by atomic mass is 10.1. The van der Waals surface area contributed by atoms with E-state index in [1.807, 2.05) is 39.0 Å². The van der Waals surface area contributed by atoms with E-state index in [1.54, 1.807) is 0 Å². The molecule has 1 amide bonds. The van der Waals surface area contributed by atoms with Crippen molar-refractivity contribution in [2.24, 2.45) is 5.73 Å². The molecule has 1 aliphatic rings. The number of nitrogens with zero attached hydrogens (tertiary/aromatic N) is 1. The third kappa shape index (κ3) is 6.47. The predicted molar refractivity (Wildman–Crippen MR) is 93.7 cm³/mol. The summed E-state index contributed by atoms with van der Waals surface area (Å²) in [6.45, 7) is 9.00. The maximum Gasteiger partial charge on any atom is 0.407 e. The molecule has 1 saturated heterocycles. The first kappa shape index (κ1) is 18.7. The summed E-state index contributed by atoms with van der Waals surface area (Å²) in [5, 5.41) is 2.72. The van der Waals surface area contributed by atoms with Crippen LogP contribution in [0, 0.1) is 0 Å². The molecule has 6 nitrogen and oxygen atoms in total. The summed E-state index contributed by atoms with van der Waals surface area (Å²) in [5.74, 6) is 0. The van der Waals surface area contributed by atoms with E-state index in [9.17, 15) is 4.79 Å². The van der Waals surface area contributed by atoms with Crippen LogP contribution in [0.25, 0.3) is 0 Å². The van der Waals surface area contributed by atoms with E-state index in [-0.39, 0.29) is 12.1 Å². The van der Waals surface area contributed by atoms with Crippen LogP contribution >= 0.6 is 0 Å². The summed E-state index contributed by atoms with van der Waals surface area (Å²) in [6.07, 6.45) is -0.549. The van der Waals surface area contributed by atoms with Crippen molar-refractivity contribution in [2.45, 2.75) is 45.1 Å². The molecule has 1 fully saturated rings. The molecule has 2 unspecified atom stereocenters. The number of morpholine rings is 1. The number of amides is 1. The van der Waals surface area contributed by atoms with E-state index >= 15 is 0 Å². The van der Waals surface area contributed by atoms with Gasteiger partial charge in [0.15, 0.2) is 0 Å². The van der Waals surface area contributed by atoms with Gasteiger partial charge in [0.05, 0.1) is 12.7 Å². The van der Waals surface area contributed by atoms with E-state index < -0.39 is 11.7 Å². The Kier molecular flexibility index (Phi) is 6.60. The molecule has 1 heterocycles. The van der Waals surface area contributed by atoms with Gasteiger partial charge in [-0.05, 0) is 26.3 Å². The molecule has 0 aromatic heterocycles. The predicted octanol–water partition coefficient (Wildman–Crippen LogP) is 1.74. The van der Waals surface area contributed by atoms with Gasteiger partial charge in [-0.2, -0.15) is 0 Å². The van der Waals surface area contributed by atoms with Gasteiger partial charge in [-0.25, -0.2) is 4.79 Å². The Morgan fingerprint density at radius 1 is 1.42 bits per heavy atom. The van der Waals surface area contributed by atoms with Crippen LogP contribution in [-0.4, -0.2) is 55.0 Å². The van der Waals surface area contributed by atoms with Crippen LogP contribution in [0.1, 0.15) is 26.3 Å². The Morgan fingerprint density at radius 3 is 2.79 bits per heavy atom. The van der Waals surface area contributed by atoms with E-state index in [0.29, 0.717) is 13.2 Å². The molecule has 1 aromatic rings. The number of nitrogens with two attached hydrogens (primary N) is 1. The van der Waals surface area contributed by atoms with Gasteiger partial charge >= 0.3 is 6.09 Å². The molecule has 0 radical (unpaired) electrons. The molecule has 1 aliphatic heterocycles. The second-order valence-electron chi connectivity index (χ2n) is 7.18. The van der Waals surface area contributed by atoms with Crippen LogP contribution in [0.2, 0.25) is 0 Å². The Balaban J connectivity index is 1.77. The Bertz CT molecular complexity index is 516. The molecule has 2 rings (SSSR count). The summed E-state index contributed by atoms with van der Waals surface area (Å²) in [4.78, 5) is 14.0. The lowest BCUT2D eigenvalue weighted by Crippen LogP contribution is -2.54. The number of carbonyl (C=O) groups excluding carboxylic acids is 1. The summed E-state index contributed by atoms with van der Waals surface area (Å²) < 4.78 is 11.0. The molecule has 134 valence electrons. The molecule has 0 bridgehead atoms. The summed E-state index contributed by atoms with van der Waals surface area (Å²) >= 11 is 0. The highest BCUT2D eigenvalue weighted by Crippen LogP contribution is 2.12. The van der Waals surface area contributed by atoms with Crippen molar-refractivity contribution < 1.29 is 14.3 Å². The maximum absolute atomic E-state index is 11.7. The summed E-state index contributed by atoms with van der Waals surface area (Å²) in [6, 6.07) is 10.1. The first-order valence-corrected chi connectivity index (χ1v) is 8.44. The molecular weight excluding hydrogens is 306 g/mol. The van der Waals surface area contributed by atoms with Crippen molar-refractivity contribution in [1.29, 1.82) is 0 Å². The fourth-order valence-corrected chi connectivity index (χ4v) is 2.62. The number of rotatable bonds is 5. The zero-order chi connectivity index (χ0) is 17.6. The molecule has 0 aliphatic carbocycles. The van der Waals surface area contributed by atoms with Crippen molar-refractivity contribution in [3.05, 3.63) is 35.9 Å². The Labute approximate surface area is 144 Å². The van der Waals surface area contributed by atoms with Crippen LogP contribution in [0.4, 0.5) is 4.79 Å². The number of alkyl carbamates (subject to hydrolysis) is 1. The molecule has 0 spiro atoms. The van der Waals surface area contributed by atoms with Gasteiger partial charge in [0, 0.05) is 32.2 Å². The maximum atomic E-state index is 11.7. The zero-order valence-corrected chi connectivity index (χ0v) is 14.8. The highest BCUT2D eigenvalue weighted by molar-refractivity contribution is 5.67. The average Bonchev–Trinajstić information content (AvgIpc) is 2.52. The van der Waals surface area contributed by atoms with Crippen molar-refractivity contribution >= 4 is 6.09 Å². The van der Waals surface area contributed by atoms with Crippen LogP contribution in [0.15, 0.2) is 30.3 Å². The van der Waals surface area contributed by atoms with Crippen molar-refractivity contribution in [2.75, 3.05) is 26.2 Å². The quantitative estimate of drug-likeness (QED) is 0.857. The Hall–Kier alpha value is -1.63. The standard InChI is InChI=1S/C18H29N3O3/c1-18(2,3)24-17(22)20-11-15(19)16-13-21(9-10-23-16)12-14-7-5-4-6-8-14/h4-8,15-16H,9-13,19H2,1-3H3,(H,20,22). The minimum absolute atomic E-state index is 0.0996. The highest BCUT2D eigenvalue weighted by Gasteiger charge is 2.26. The number of benzene rings is 1. The number of hydrogen-bond acceptors (Lipinski definition) is 5. The van der Waals surface area contributed by atoms with E-state index in [4.69, 9.17) is 15.2 Å². The van der Waals surface area contributed by atoms with Crippen LogP contribution < -0.4 is 11.1 Å². The number of ether oxygens (including phenoxy) is 2. The van der Waals surface area contributed by atoms with Gasteiger partial charge < -0.3 is 20.5 Å². The Morgan fingerprint density at radius 2 is 2.12 bits per heavy atom. The van der Waals surface area contributed by atoms with E-state index in [2.05, 4.69) is 22.3 Å². The first-order chi connectivity index (χ1) is 11.3. The minimum Gasteiger partial charge on any atom is -0.444 e. The fourth-order valence-electron chi connectivity index (χ4n) is 2.62. The topological polar surface area (TPSA) is 76.8 Å². The monoisotopic (exact) mass is 335 g/mol. The van der Waals surface area contributed by atoms with Crippen molar-refractivity contribution in [3.63, 3.8) is 0 Å². The summed E-state index contributed by atoms with van der Waals surface area (Å²) in [5.41, 5.74) is 6.96. The summed E-state index contributed by atoms with van der Waals surface area (Å²) in [7, 11) is 0. The normalized spacial score (nSPS) is 20.4. The minimum atomic E-state index is -0.512. The molecule has 24 heavy (non-hydrogen) atoms. The SMILES string of the molecule is CC(C)(C)OC(=O)NCC(N)C1CN(Cc2ccccc2)CCO1. The zero-order valence-electron chi connectivity index (χ0n) is 14.8. The lowest BCUT2D eigenvalue weighted by molar-refractivity contribution is -0.0429. The lowest BCUT2D eigenvalue weighted by Gasteiger charge is -2.35. The van der Waals surface area contributed by atoms with Gasteiger partial charge in [-0.15, -0.1) is 0 Å². The van der Waals surface area contributed by atoms with Gasteiger partial charge in [-0.1, -0.05) is 30.3 Å². The molecule has 2 atom stereocenters. The highest BCUT2D eigenvalue weighted by atomic mass is 16.6. The smallest absolute Gasteiger partial charge is 0.407 e. The average molecular weight is 335 g/mol. The largest absolute Gasteiger partial charge is 0.444 e. The van der Waals surface area contributed by atoms with Gasteiger partial charge in [0.1, 0.15) is 5.60 Å². The van der Waals surface area contributed by atoms with Gasteiger partial charge in [-0.3, -0.25) is 4.90 Å². The molecular formula is C18H29N3O3.